The van der Waals surface area contributed by atoms with Crippen LogP contribution in [-0.2, 0) is 0 Å². The SMILES string of the molecule is CCNC(=NCC(c1ccccc1OC)N(C)C)NCCC(F)(F)F. The molecule has 1 rings (SSSR count). The van der Waals surface area contributed by atoms with E-state index in [4.69, 9.17) is 4.74 Å². The maximum absolute atomic E-state index is 12.3. The van der Waals surface area contributed by atoms with E-state index in [1.165, 1.54) is 0 Å². The number of likely N-dealkylation sites (N-methyl/N-ethyl adjacent to an activating group) is 1. The largest absolute Gasteiger partial charge is 0.496 e. The Morgan fingerprint density at radius 3 is 2.48 bits per heavy atom. The van der Waals surface area contributed by atoms with Crippen LogP contribution in [0.3, 0.4) is 0 Å². The average Bonchev–Trinajstić information content (AvgIpc) is 2.54. The molecule has 1 aromatic rings. The fraction of sp³-hybridized carbons (Fsp3) is 0.588. The van der Waals surface area contributed by atoms with Gasteiger partial charge in [0.15, 0.2) is 5.96 Å². The Bertz CT molecular complexity index is 547. The summed E-state index contributed by atoms with van der Waals surface area (Å²) < 4.78 is 42.3. The Morgan fingerprint density at radius 2 is 1.92 bits per heavy atom. The molecule has 5 nitrogen and oxygen atoms in total. The summed E-state index contributed by atoms with van der Waals surface area (Å²) >= 11 is 0. The first-order valence-electron chi connectivity index (χ1n) is 8.16. The third-order valence-electron chi connectivity index (χ3n) is 3.59. The summed E-state index contributed by atoms with van der Waals surface area (Å²) in [5.41, 5.74) is 0.977. The molecule has 0 aliphatic carbocycles. The summed E-state index contributed by atoms with van der Waals surface area (Å²) in [7, 11) is 5.46. The third-order valence-corrected chi connectivity index (χ3v) is 3.59. The van der Waals surface area contributed by atoms with Crippen molar-refractivity contribution in [2.24, 2.45) is 4.99 Å². The second kappa shape index (κ2) is 10.1. The molecule has 25 heavy (non-hydrogen) atoms. The van der Waals surface area contributed by atoms with Gasteiger partial charge in [-0.25, -0.2) is 0 Å². The van der Waals surface area contributed by atoms with Gasteiger partial charge in [0.1, 0.15) is 5.75 Å². The number of methoxy groups -OCH3 is 1. The van der Waals surface area contributed by atoms with Crippen molar-refractivity contribution < 1.29 is 17.9 Å². The van der Waals surface area contributed by atoms with Crippen LogP contribution in [0.25, 0.3) is 0 Å². The van der Waals surface area contributed by atoms with E-state index in [-0.39, 0.29) is 12.6 Å². The standard InChI is InChI=1S/C17H27F3N4O/c1-5-21-16(22-11-10-17(18,19)20)23-12-14(24(2)3)13-8-6-7-9-15(13)25-4/h6-9,14H,5,10-12H2,1-4H3,(H2,21,22,23). The summed E-state index contributed by atoms with van der Waals surface area (Å²) in [6, 6.07) is 7.59. The number of alkyl halides is 3. The number of aliphatic imine (C=N–C) groups is 1. The zero-order valence-electron chi connectivity index (χ0n) is 15.2. The van der Waals surface area contributed by atoms with Crippen molar-refractivity contribution in [1.82, 2.24) is 15.5 Å². The highest BCUT2D eigenvalue weighted by atomic mass is 19.4. The van der Waals surface area contributed by atoms with Crippen molar-refractivity contribution >= 4 is 5.96 Å². The fourth-order valence-corrected chi connectivity index (χ4v) is 2.32. The second-order valence-corrected chi connectivity index (χ2v) is 5.73. The van der Waals surface area contributed by atoms with E-state index >= 15 is 0 Å². The predicted molar refractivity (Wildman–Crippen MR) is 94.1 cm³/mol. The molecule has 0 bridgehead atoms. The molecule has 8 heteroatoms. The van der Waals surface area contributed by atoms with Crippen LogP contribution >= 0.6 is 0 Å². The lowest BCUT2D eigenvalue weighted by atomic mass is 10.0. The molecule has 0 fully saturated rings. The van der Waals surface area contributed by atoms with Crippen LogP contribution in [0.5, 0.6) is 5.75 Å². The molecular weight excluding hydrogens is 333 g/mol. The Labute approximate surface area is 147 Å². The number of guanidine groups is 1. The average molecular weight is 360 g/mol. The molecule has 0 aliphatic heterocycles. The first kappa shape index (κ1) is 21.1. The molecule has 142 valence electrons. The minimum Gasteiger partial charge on any atom is -0.496 e. The molecule has 0 amide bonds. The molecule has 1 unspecified atom stereocenters. The molecule has 1 atom stereocenters. The quantitative estimate of drug-likeness (QED) is 0.553. The van der Waals surface area contributed by atoms with Crippen molar-refractivity contribution in [3.8, 4) is 5.75 Å². The number of nitrogens with zero attached hydrogens (tertiary/aromatic N) is 2. The third kappa shape index (κ3) is 7.64. The van der Waals surface area contributed by atoms with Crippen molar-refractivity contribution in [2.45, 2.75) is 25.6 Å². The van der Waals surface area contributed by atoms with Gasteiger partial charge in [-0.3, -0.25) is 4.99 Å². The van der Waals surface area contributed by atoms with Crippen molar-refractivity contribution in [3.63, 3.8) is 0 Å². The van der Waals surface area contributed by atoms with Gasteiger partial charge in [0.25, 0.3) is 0 Å². The van der Waals surface area contributed by atoms with Gasteiger partial charge >= 0.3 is 6.18 Å². The van der Waals surface area contributed by atoms with Crippen LogP contribution < -0.4 is 15.4 Å². The number of nitrogens with one attached hydrogen (secondary N) is 2. The molecule has 1 aromatic carbocycles. The van der Waals surface area contributed by atoms with Gasteiger partial charge in [0.2, 0.25) is 0 Å². The molecule has 0 aromatic heterocycles. The van der Waals surface area contributed by atoms with Crippen LogP contribution in [0, 0.1) is 0 Å². The maximum atomic E-state index is 12.3. The summed E-state index contributed by atoms with van der Waals surface area (Å²) in [4.78, 5) is 6.44. The summed E-state index contributed by atoms with van der Waals surface area (Å²) in [5.74, 6) is 1.12. The Hall–Kier alpha value is -1.96. The van der Waals surface area contributed by atoms with Gasteiger partial charge in [0, 0.05) is 18.7 Å². The number of rotatable bonds is 8. The first-order valence-corrected chi connectivity index (χ1v) is 8.16. The fourth-order valence-electron chi connectivity index (χ4n) is 2.32. The minimum atomic E-state index is -4.19. The number of ether oxygens (including phenoxy) is 1. The number of halogens is 3. The van der Waals surface area contributed by atoms with Gasteiger partial charge in [0.05, 0.1) is 26.1 Å². The van der Waals surface area contributed by atoms with Gasteiger partial charge in [-0.15, -0.1) is 0 Å². The monoisotopic (exact) mass is 360 g/mol. The molecule has 0 aliphatic rings. The normalized spacial score (nSPS) is 13.7. The number of hydrogen-bond donors (Lipinski definition) is 2. The van der Waals surface area contributed by atoms with E-state index in [9.17, 15) is 13.2 Å². The van der Waals surface area contributed by atoms with Crippen LogP contribution in [-0.4, -0.2) is 57.9 Å². The highest BCUT2D eigenvalue weighted by Gasteiger charge is 2.26. The van der Waals surface area contributed by atoms with Gasteiger partial charge in [-0.05, 0) is 27.1 Å². The van der Waals surface area contributed by atoms with Gasteiger partial charge in [-0.2, -0.15) is 13.2 Å². The van der Waals surface area contributed by atoms with Crippen LogP contribution in [0.1, 0.15) is 24.9 Å². The van der Waals surface area contributed by atoms with E-state index < -0.39 is 12.6 Å². The van der Waals surface area contributed by atoms with E-state index in [2.05, 4.69) is 15.6 Å². The summed E-state index contributed by atoms with van der Waals surface area (Å²) in [5, 5.41) is 5.69. The maximum Gasteiger partial charge on any atom is 0.390 e. The van der Waals surface area contributed by atoms with E-state index in [1.54, 1.807) is 7.11 Å². The number of para-hydroxylation sites is 1. The van der Waals surface area contributed by atoms with Gasteiger partial charge in [-0.1, -0.05) is 18.2 Å². The molecule has 0 heterocycles. The first-order chi connectivity index (χ1) is 11.8. The molecular formula is C17H27F3N4O. The van der Waals surface area contributed by atoms with Crippen LogP contribution in [0.15, 0.2) is 29.3 Å². The topological polar surface area (TPSA) is 48.9 Å². The smallest absolute Gasteiger partial charge is 0.390 e. The zero-order chi connectivity index (χ0) is 18.9. The summed E-state index contributed by atoms with van der Waals surface area (Å²) in [6.45, 7) is 2.61. The van der Waals surface area contributed by atoms with E-state index in [0.29, 0.717) is 19.0 Å². The van der Waals surface area contributed by atoms with Crippen LogP contribution in [0.2, 0.25) is 0 Å². The van der Waals surface area contributed by atoms with Gasteiger partial charge < -0.3 is 20.3 Å². The molecule has 0 radical (unpaired) electrons. The lowest BCUT2D eigenvalue weighted by molar-refractivity contribution is -0.132. The minimum absolute atomic E-state index is 0.0609. The lowest BCUT2D eigenvalue weighted by Gasteiger charge is -2.25. The Morgan fingerprint density at radius 1 is 1.24 bits per heavy atom. The van der Waals surface area contributed by atoms with Crippen molar-refractivity contribution in [1.29, 1.82) is 0 Å². The Kier molecular flexibility index (Phi) is 8.54. The van der Waals surface area contributed by atoms with Crippen LogP contribution in [0.4, 0.5) is 13.2 Å². The Balaban J connectivity index is 2.85. The second-order valence-electron chi connectivity index (χ2n) is 5.73. The van der Waals surface area contributed by atoms with E-state index in [0.717, 1.165) is 11.3 Å². The van der Waals surface area contributed by atoms with E-state index in [1.807, 2.05) is 50.2 Å². The molecule has 0 saturated heterocycles. The van der Waals surface area contributed by atoms with Crippen molar-refractivity contribution in [2.75, 3.05) is 40.8 Å². The lowest BCUT2D eigenvalue weighted by Crippen LogP contribution is -2.39. The predicted octanol–water partition coefficient (Wildman–Crippen LogP) is 2.81. The zero-order valence-corrected chi connectivity index (χ0v) is 15.2. The molecule has 0 saturated carbocycles. The highest BCUT2D eigenvalue weighted by Crippen LogP contribution is 2.28. The molecule has 0 spiro atoms. The number of hydrogen-bond acceptors (Lipinski definition) is 3. The molecule has 2 N–H and O–H groups in total. The number of benzene rings is 1. The summed E-state index contributed by atoms with van der Waals surface area (Å²) in [6.07, 6.45) is -5.09. The van der Waals surface area contributed by atoms with Crippen molar-refractivity contribution in [3.05, 3.63) is 29.8 Å². The highest BCUT2D eigenvalue weighted by molar-refractivity contribution is 5.79.